The quantitative estimate of drug-likeness (QED) is 0.523. The Morgan fingerprint density at radius 1 is 0.821 bits per heavy atom. The Morgan fingerprint density at radius 3 is 2.11 bits per heavy atom. The Hall–Kier alpha value is -3.31. The molecule has 0 aliphatic rings. The van der Waals surface area contributed by atoms with Crippen LogP contribution in [-0.4, -0.2) is 11.8 Å². The minimum Gasteiger partial charge on any atom is -0.345 e. The molecule has 28 heavy (non-hydrogen) atoms. The first-order chi connectivity index (χ1) is 13.6. The zero-order valence-electron chi connectivity index (χ0n) is 15.1. The van der Waals surface area contributed by atoms with E-state index in [1.807, 2.05) is 60.7 Å². The number of hydrogen-bond acceptors (Lipinski definition) is 3. The summed E-state index contributed by atoms with van der Waals surface area (Å²) in [5, 5.41) is 3.27. The van der Waals surface area contributed by atoms with Gasteiger partial charge in [0, 0.05) is 0 Å². The van der Waals surface area contributed by atoms with Crippen LogP contribution in [0, 0.1) is 0 Å². The predicted octanol–water partition coefficient (Wildman–Crippen LogP) is 4.34. The molecule has 5 nitrogen and oxygen atoms in total. The van der Waals surface area contributed by atoms with Gasteiger partial charge < -0.3 is 5.32 Å². The van der Waals surface area contributed by atoms with Gasteiger partial charge in [-0.2, -0.15) is 0 Å². The second-order valence-electron chi connectivity index (χ2n) is 6.16. The van der Waals surface area contributed by atoms with Gasteiger partial charge in [0.1, 0.15) is 0 Å². The highest BCUT2D eigenvalue weighted by Gasteiger charge is 2.20. The van der Waals surface area contributed by atoms with E-state index in [2.05, 4.69) is 16.2 Å². The number of para-hydroxylation sites is 1. The maximum absolute atomic E-state index is 12.7. The molecule has 142 valence electrons. The zero-order valence-corrected chi connectivity index (χ0v) is 15.8. The number of nitrogens with one attached hydrogen (secondary N) is 3. The van der Waals surface area contributed by atoms with Crippen molar-refractivity contribution in [2.24, 2.45) is 0 Å². The first-order valence-corrected chi connectivity index (χ1v) is 9.21. The first-order valence-electron chi connectivity index (χ1n) is 8.84. The van der Waals surface area contributed by atoms with Crippen LogP contribution in [0.3, 0.4) is 0 Å². The number of carbonyl (C=O) groups is 2. The highest BCUT2D eigenvalue weighted by atomic mass is 35.5. The fourth-order valence-electron chi connectivity index (χ4n) is 2.72. The molecular weight excluding hydrogens is 374 g/mol. The largest absolute Gasteiger partial charge is 0.345 e. The molecular formula is C22H20ClN3O2. The molecule has 3 N–H and O–H groups in total. The van der Waals surface area contributed by atoms with Crippen molar-refractivity contribution >= 4 is 29.1 Å². The van der Waals surface area contributed by atoms with E-state index in [0.29, 0.717) is 10.6 Å². The molecule has 0 heterocycles. The molecule has 0 saturated heterocycles. The second kappa shape index (κ2) is 9.58. The van der Waals surface area contributed by atoms with Crippen molar-refractivity contribution in [2.75, 3.05) is 5.43 Å². The number of benzene rings is 3. The summed E-state index contributed by atoms with van der Waals surface area (Å²) in [7, 11) is 0. The number of amides is 2. The van der Waals surface area contributed by atoms with Crippen LogP contribution in [-0.2, 0) is 4.79 Å². The first kappa shape index (κ1) is 19.5. The van der Waals surface area contributed by atoms with E-state index in [4.69, 9.17) is 11.6 Å². The molecule has 6 heteroatoms. The Labute approximate surface area is 168 Å². The van der Waals surface area contributed by atoms with Gasteiger partial charge in [-0.25, -0.2) is 0 Å². The predicted molar refractivity (Wildman–Crippen MR) is 111 cm³/mol. The van der Waals surface area contributed by atoms with Crippen LogP contribution in [0.15, 0.2) is 84.9 Å². The van der Waals surface area contributed by atoms with Crippen LogP contribution in [0.1, 0.15) is 28.4 Å². The number of rotatable bonds is 7. The molecule has 0 spiro atoms. The molecule has 0 saturated carbocycles. The number of anilines is 1. The van der Waals surface area contributed by atoms with Gasteiger partial charge in [-0.15, -0.1) is 0 Å². The molecule has 2 amide bonds. The normalized spacial score (nSPS) is 11.3. The molecule has 0 fully saturated rings. The third-order valence-electron chi connectivity index (χ3n) is 4.14. The summed E-state index contributed by atoms with van der Waals surface area (Å²) >= 11 is 6.12. The summed E-state index contributed by atoms with van der Waals surface area (Å²) in [4.78, 5) is 25.1. The summed E-state index contributed by atoms with van der Waals surface area (Å²) in [5.41, 5.74) is 7.49. The SMILES string of the molecule is O=C(CC(NC(=O)c1ccccc1Cl)c1ccccc1)NNc1ccccc1. The van der Waals surface area contributed by atoms with Gasteiger partial charge in [0.2, 0.25) is 5.91 Å². The summed E-state index contributed by atoms with van der Waals surface area (Å²) in [6.07, 6.45) is 0.0695. The molecule has 1 atom stereocenters. The lowest BCUT2D eigenvalue weighted by atomic mass is 10.0. The van der Waals surface area contributed by atoms with Crippen LogP contribution in [0.25, 0.3) is 0 Å². The Kier molecular flexibility index (Phi) is 6.65. The van der Waals surface area contributed by atoms with Gasteiger partial charge >= 0.3 is 0 Å². The molecule has 3 aromatic rings. The van der Waals surface area contributed by atoms with E-state index in [-0.39, 0.29) is 18.2 Å². The summed E-state index contributed by atoms with van der Waals surface area (Å²) in [5.74, 6) is -0.583. The van der Waals surface area contributed by atoms with Gasteiger partial charge in [0.15, 0.2) is 0 Å². The van der Waals surface area contributed by atoms with Crippen molar-refractivity contribution in [1.29, 1.82) is 0 Å². The van der Waals surface area contributed by atoms with E-state index < -0.39 is 6.04 Å². The average molecular weight is 394 g/mol. The van der Waals surface area contributed by atoms with Crippen molar-refractivity contribution < 1.29 is 9.59 Å². The van der Waals surface area contributed by atoms with Crippen LogP contribution < -0.4 is 16.2 Å². The summed E-state index contributed by atoms with van der Waals surface area (Å²) in [6.45, 7) is 0. The monoisotopic (exact) mass is 393 g/mol. The summed E-state index contributed by atoms with van der Waals surface area (Å²) in [6, 6.07) is 25.0. The lowest BCUT2D eigenvalue weighted by molar-refractivity contribution is -0.121. The highest BCUT2D eigenvalue weighted by molar-refractivity contribution is 6.33. The third kappa shape index (κ3) is 5.34. The molecule has 1 unspecified atom stereocenters. The van der Waals surface area contributed by atoms with Crippen LogP contribution in [0.2, 0.25) is 5.02 Å². The third-order valence-corrected chi connectivity index (χ3v) is 4.46. The van der Waals surface area contributed by atoms with Crippen LogP contribution in [0.5, 0.6) is 0 Å². The van der Waals surface area contributed by atoms with Crippen LogP contribution in [0.4, 0.5) is 5.69 Å². The maximum Gasteiger partial charge on any atom is 0.253 e. The fraction of sp³-hybridized carbons (Fsp3) is 0.0909. The smallest absolute Gasteiger partial charge is 0.253 e. The minimum atomic E-state index is -0.498. The van der Waals surface area contributed by atoms with E-state index in [1.165, 1.54) is 0 Å². The van der Waals surface area contributed by atoms with Crippen molar-refractivity contribution in [3.05, 3.63) is 101 Å². The van der Waals surface area contributed by atoms with Gasteiger partial charge in [-0.3, -0.25) is 20.4 Å². The van der Waals surface area contributed by atoms with Gasteiger partial charge in [0.25, 0.3) is 5.91 Å². The van der Waals surface area contributed by atoms with E-state index in [1.54, 1.807) is 24.3 Å². The Bertz CT molecular complexity index is 933. The Balaban J connectivity index is 1.70. The minimum absolute atomic E-state index is 0.0695. The van der Waals surface area contributed by atoms with Crippen molar-refractivity contribution in [3.63, 3.8) is 0 Å². The van der Waals surface area contributed by atoms with Gasteiger partial charge in [0.05, 0.1) is 28.7 Å². The molecule has 0 aromatic heterocycles. The average Bonchev–Trinajstić information content (AvgIpc) is 2.73. The molecule has 3 aromatic carbocycles. The van der Waals surface area contributed by atoms with Gasteiger partial charge in [-0.05, 0) is 29.8 Å². The van der Waals surface area contributed by atoms with Crippen LogP contribution >= 0.6 is 11.6 Å². The van der Waals surface area contributed by atoms with Crippen molar-refractivity contribution in [1.82, 2.24) is 10.7 Å². The second-order valence-corrected chi connectivity index (χ2v) is 6.57. The molecule has 0 aliphatic heterocycles. The van der Waals surface area contributed by atoms with Crippen molar-refractivity contribution in [3.8, 4) is 0 Å². The molecule has 0 radical (unpaired) electrons. The maximum atomic E-state index is 12.7. The summed E-state index contributed by atoms with van der Waals surface area (Å²) < 4.78 is 0. The molecule has 3 rings (SSSR count). The lowest BCUT2D eigenvalue weighted by Gasteiger charge is -2.20. The topological polar surface area (TPSA) is 70.2 Å². The highest BCUT2D eigenvalue weighted by Crippen LogP contribution is 2.20. The van der Waals surface area contributed by atoms with E-state index in [9.17, 15) is 9.59 Å². The van der Waals surface area contributed by atoms with Crippen molar-refractivity contribution in [2.45, 2.75) is 12.5 Å². The lowest BCUT2D eigenvalue weighted by Crippen LogP contribution is -2.36. The van der Waals surface area contributed by atoms with Gasteiger partial charge in [-0.1, -0.05) is 72.3 Å². The standard InChI is InChI=1S/C22H20ClN3O2/c23-19-14-8-7-13-18(19)22(28)24-20(16-9-3-1-4-10-16)15-21(27)26-25-17-11-5-2-6-12-17/h1-14,20,25H,15H2,(H,24,28)(H,26,27). The van der Waals surface area contributed by atoms with E-state index in [0.717, 1.165) is 11.3 Å². The fourth-order valence-corrected chi connectivity index (χ4v) is 2.94. The Morgan fingerprint density at radius 2 is 1.43 bits per heavy atom. The van der Waals surface area contributed by atoms with E-state index >= 15 is 0 Å². The number of carbonyl (C=O) groups excluding carboxylic acids is 2. The number of halogens is 1. The number of hydrogen-bond donors (Lipinski definition) is 3. The number of hydrazine groups is 1. The zero-order chi connectivity index (χ0) is 19.8. The molecule has 0 bridgehead atoms. The molecule has 0 aliphatic carbocycles.